The van der Waals surface area contributed by atoms with E-state index in [-0.39, 0.29) is 5.56 Å². The van der Waals surface area contributed by atoms with E-state index in [1.54, 1.807) is 22.1 Å². The van der Waals surface area contributed by atoms with Gasteiger partial charge < -0.3 is 10.3 Å². The smallest absolute Gasteiger partial charge is 0.253 e. The molecule has 0 saturated carbocycles. The van der Waals surface area contributed by atoms with Crippen molar-refractivity contribution < 1.29 is 0 Å². The molecule has 0 saturated heterocycles. The molecule has 2 rings (SSSR count). The standard InChI is InChI=1S/C14H14N2OS/c1-11-4-3-7-16(14(11)17)9-13-8-12(10-18-13)5-2-6-15/h3-4,7-8,10H,6,9,15H2,1H3. The van der Waals surface area contributed by atoms with Crippen molar-refractivity contribution in [1.82, 2.24) is 4.57 Å². The maximum atomic E-state index is 11.9. The predicted octanol–water partition coefficient (Wildman–Crippen LogP) is 1.58. The van der Waals surface area contributed by atoms with Gasteiger partial charge in [-0.1, -0.05) is 17.9 Å². The van der Waals surface area contributed by atoms with E-state index in [2.05, 4.69) is 11.8 Å². The molecule has 18 heavy (non-hydrogen) atoms. The van der Waals surface area contributed by atoms with Crippen LogP contribution >= 0.6 is 11.3 Å². The third-order valence-electron chi connectivity index (χ3n) is 2.53. The Morgan fingerprint density at radius 3 is 3.11 bits per heavy atom. The molecule has 0 unspecified atom stereocenters. The first-order valence-electron chi connectivity index (χ1n) is 5.63. The van der Waals surface area contributed by atoms with E-state index in [9.17, 15) is 4.79 Å². The lowest BCUT2D eigenvalue weighted by molar-refractivity contribution is 0.762. The van der Waals surface area contributed by atoms with Gasteiger partial charge in [-0.25, -0.2) is 0 Å². The van der Waals surface area contributed by atoms with Crippen LogP contribution in [0.25, 0.3) is 0 Å². The van der Waals surface area contributed by atoms with E-state index in [0.29, 0.717) is 13.1 Å². The summed E-state index contributed by atoms with van der Waals surface area (Å²) in [7, 11) is 0. The Morgan fingerprint density at radius 2 is 2.33 bits per heavy atom. The van der Waals surface area contributed by atoms with Crippen molar-refractivity contribution in [2.24, 2.45) is 5.73 Å². The van der Waals surface area contributed by atoms with Crippen LogP contribution in [0.1, 0.15) is 16.0 Å². The third kappa shape index (κ3) is 2.89. The van der Waals surface area contributed by atoms with E-state index in [4.69, 9.17) is 5.73 Å². The summed E-state index contributed by atoms with van der Waals surface area (Å²) in [6.07, 6.45) is 1.81. The van der Waals surface area contributed by atoms with Crippen LogP contribution in [0.3, 0.4) is 0 Å². The summed E-state index contributed by atoms with van der Waals surface area (Å²) < 4.78 is 1.71. The molecule has 4 heteroatoms. The lowest BCUT2D eigenvalue weighted by atomic mass is 10.3. The highest BCUT2D eigenvalue weighted by Crippen LogP contribution is 2.14. The minimum absolute atomic E-state index is 0.0560. The van der Waals surface area contributed by atoms with E-state index in [1.807, 2.05) is 30.5 Å². The first kappa shape index (κ1) is 12.6. The zero-order chi connectivity index (χ0) is 13.0. The van der Waals surface area contributed by atoms with Gasteiger partial charge in [0.15, 0.2) is 0 Å². The van der Waals surface area contributed by atoms with Gasteiger partial charge in [-0.05, 0) is 19.1 Å². The lowest BCUT2D eigenvalue weighted by Crippen LogP contribution is -2.21. The van der Waals surface area contributed by atoms with Crippen LogP contribution in [-0.2, 0) is 6.54 Å². The molecule has 0 aromatic carbocycles. The molecule has 0 fully saturated rings. The molecular weight excluding hydrogens is 244 g/mol. The molecule has 0 aliphatic heterocycles. The van der Waals surface area contributed by atoms with Crippen molar-refractivity contribution in [2.45, 2.75) is 13.5 Å². The van der Waals surface area contributed by atoms with Gasteiger partial charge in [0, 0.05) is 27.6 Å². The first-order valence-corrected chi connectivity index (χ1v) is 6.51. The molecule has 0 aliphatic carbocycles. The van der Waals surface area contributed by atoms with E-state index >= 15 is 0 Å². The summed E-state index contributed by atoms with van der Waals surface area (Å²) in [5.74, 6) is 5.80. The molecule has 2 aromatic rings. The van der Waals surface area contributed by atoms with Crippen LogP contribution in [0.15, 0.2) is 34.6 Å². The number of aromatic nitrogens is 1. The number of aryl methyl sites for hydroxylation is 1. The average molecular weight is 258 g/mol. The number of pyridine rings is 1. The fourth-order valence-electron chi connectivity index (χ4n) is 1.63. The predicted molar refractivity (Wildman–Crippen MR) is 74.8 cm³/mol. The number of hydrogen-bond donors (Lipinski definition) is 1. The number of hydrogen-bond acceptors (Lipinski definition) is 3. The maximum absolute atomic E-state index is 11.9. The van der Waals surface area contributed by atoms with Crippen LogP contribution < -0.4 is 11.3 Å². The SMILES string of the molecule is Cc1cccn(Cc2cc(C#CCN)cs2)c1=O. The van der Waals surface area contributed by atoms with Gasteiger partial charge in [0.05, 0.1) is 13.1 Å². The number of rotatable bonds is 2. The number of nitrogens with zero attached hydrogens (tertiary/aromatic N) is 1. The van der Waals surface area contributed by atoms with Crippen LogP contribution in [0.5, 0.6) is 0 Å². The Hall–Kier alpha value is -1.83. The molecule has 2 heterocycles. The van der Waals surface area contributed by atoms with Crippen LogP contribution in [0, 0.1) is 18.8 Å². The second-order valence-electron chi connectivity index (χ2n) is 3.93. The van der Waals surface area contributed by atoms with Crippen molar-refractivity contribution in [3.63, 3.8) is 0 Å². The molecule has 0 atom stereocenters. The fourth-order valence-corrected chi connectivity index (χ4v) is 2.45. The minimum Gasteiger partial charge on any atom is -0.320 e. The van der Waals surface area contributed by atoms with E-state index in [0.717, 1.165) is 16.0 Å². The van der Waals surface area contributed by atoms with Gasteiger partial charge in [-0.2, -0.15) is 0 Å². The quantitative estimate of drug-likeness (QED) is 0.831. The van der Waals surface area contributed by atoms with Crippen molar-refractivity contribution in [1.29, 1.82) is 0 Å². The first-order chi connectivity index (χ1) is 8.70. The van der Waals surface area contributed by atoms with E-state index in [1.165, 1.54) is 0 Å². The zero-order valence-electron chi connectivity index (χ0n) is 10.1. The Bertz CT molecular complexity index is 658. The van der Waals surface area contributed by atoms with Crippen molar-refractivity contribution in [3.8, 4) is 11.8 Å². The van der Waals surface area contributed by atoms with Crippen LogP contribution in [0.2, 0.25) is 0 Å². The van der Waals surface area contributed by atoms with Gasteiger partial charge in [0.1, 0.15) is 0 Å². The molecular formula is C14H14N2OS. The topological polar surface area (TPSA) is 48.0 Å². The van der Waals surface area contributed by atoms with Crippen molar-refractivity contribution >= 4 is 11.3 Å². The summed E-state index contributed by atoms with van der Waals surface area (Å²) in [6, 6.07) is 5.72. The van der Waals surface area contributed by atoms with Gasteiger partial charge in [-0.3, -0.25) is 4.79 Å². The molecule has 3 nitrogen and oxygen atoms in total. The molecule has 2 aromatic heterocycles. The molecule has 0 aliphatic rings. The van der Waals surface area contributed by atoms with Gasteiger partial charge in [0.25, 0.3) is 5.56 Å². The molecule has 0 radical (unpaired) electrons. The Balaban J connectivity index is 2.21. The average Bonchev–Trinajstić information content (AvgIpc) is 2.80. The Kier molecular flexibility index (Phi) is 3.98. The Labute approximate surface area is 110 Å². The van der Waals surface area contributed by atoms with Gasteiger partial charge in [0.2, 0.25) is 0 Å². The van der Waals surface area contributed by atoms with E-state index < -0.39 is 0 Å². The molecule has 0 amide bonds. The minimum atomic E-state index is 0.0560. The summed E-state index contributed by atoms with van der Waals surface area (Å²) in [5, 5.41) is 1.98. The zero-order valence-corrected chi connectivity index (χ0v) is 11.0. The van der Waals surface area contributed by atoms with Crippen molar-refractivity contribution in [2.75, 3.05) is 6.54 Å². The van der Waals surface area contributed by atoms with Gasteiger partial charge >= 0.3 is 0 Å². The monoisotopic (exact) mass is 258 g/mol. The highest BCUT2D eigenvalue weighted by Gasteiger charge is 2.02. The number of nitrogens with two attached hydrogens (primary N) is 1. The molecule has 0 bridgehead atoms. The largest absolute Gasteiger partial charge is 0.320 e. The highest BCUT2D eigenvalue weighted by atomic mass is 32.1. The van der Waals surface area contributed by atoms with Crippen LogP contribution in [-0.4, -0.2) is 11.1 Å². The lowest BCUT2D eigenvalue weighted by Gasteiger charge is -2.03. The van der Waals surface area contributed by atoms with Crippen molar-refractivity contribution in [3.05, 3.63) is 56.1 Å². The summed E-state index contributed by atoms with van der Waals surface area (Å²) in [6.45, 7) is 2.78. The second-order valence-corrected chi connectivity index (χ2v) is 4.93. The fraction of sp³-hybridized carbons (Fsp3) is 0.214. The normalized spacial score (nSPS) is 9.89. The number of thiophene rings is 1. The molecule has 92 valence electrons. The maximum Gasteiger partial charge on any atom is 0.253 e. The second kappa shape index (κ2) is 5.67. The summed E-state index contributed by atoms with van der Waals surface area (Å²) >= 11 is 1.61. The van der Waals surface area contributed by atoms with Gasteiger partial charge in [-0.15, -0.1) is 11.3 Å². The summed E-state index contributed by atoms with van der Waals surface area (Å²) in [4.78, 5) is 13.0. The molecule has 0 spiro atoms. The summed E-state index contributed by atoms with van der Waals surface area (Å²) in [5.41, 5.74) is 7.10. The molecule has 2 N–H and O–H groups in total. The third-order valence-corrected chi connectivity index (χ3v) is 3.45. The highest BCUT2D eigenvalue weighted by molar-refractivity contribution is 7.10. The Morgan fingerprint density at radius 1 is 1.50 bits per heavy atom. The van der Waals surface area contributed by atoms with Crippen LogP contribution in [0.4, 0.5) is 0 Å².